The highest BCUT2D eigenvalue weighted by Crippen LogP contribution is 2.31. The molecule has 3 heterocycles. The second-order valence-corrected chi connectivity index (χ2v) is 7.24. The predicted octanol–water partition coefficient (Wildman–Crippen LogP) is 5.36. The Hall–Kier alpha value is -3.45. The molecule has 0 saturated carbocycles. The molecule has 2 aromatic carbocycles. The maximum Gasteiger partial charge on any atom is 0.229 e. The number of nitrogens with zero attached hydrogens (tertiary/aromatic N) is 3. The Balaban J connectivity index is 1.53. The third kappa shape index (κ3) is 3.09. The van der Waals surface area contributed by atoms with Gasteiger partial charge in [0.15, 0.2) is 5.82 Å². The first kappa shape index (κ1) is 15.8. The highest BCUT2D eigenvalue weighted by molar-refractivity contribution is 7.17. The summed E-state index contributed by atoms with van der Waals surface area (Å²) in [7, 11) is 0. The number of aromatic nitrogens is 4. The van der Waals surface area contributed by atoms with E-state index in [2.05, 4.69) is 44.9 Å². The van der Waals surface area contributed by atoms with Gasteiger partial charge in [-0.1, -0.05) is 12.1 Å². The van der Waals surface area contributed by atoms with Gasteiger partial charge in [0.1, 0.15) is 0 Å². The molecule has 3 aromatic heterocycles. The lowest BCUT2D eigenvalue weighted by Crippen LogP contribution is -2.01. The van der Waals surface area contributed by atoms with Gasteiger partial charge in [-0.3, -0.25) is 5.10 Å². The van der Waals surface area contributed by atoms with E-state index in [1.807, 2.05) is 48.0 Å². The van der Waals surface area contributed by atoms with Crippen molar-refractivity contribution < 1.29 is 0 Å². The molecule has 0 radical (unpaired) electrons. The second-order valence-electron chi connectivity index (χ2n) is 6.32. The minimum Gasteiger partial charge on any atom is -0.339 e. The van der Waals surface area contributed by atoms with Crippen LogP contribution in [-0.4, -0.2) is 20.2 Å². The fourth-order valence-corrected chi connectivity index (χ4v) is 3.79. The number of anilines is 4. The Kier molecular flexibility index (Phi) is 3.72. The normalized spacial score (nSPS) is 11.1. The van der Waals surface area contributed by atoms with E-state index < -0.39 is 0 Å². The Bertz CT molecular complexity index is 1260. The molecule has 0 aliphatic heterocycles. The summed E-state index contributed by atoms with van der Waals surface area (Å²) < 4.78 is 1.03. The van der Waals surface area contributed by atoms with Gasteiger partial charge in [0.25, 0.3) is 0 Å². The first-order chi connectivity index (χ1) is 13.2. The van der Waals surface area contributed by atoms with Crippen LogP contribution in [0.2, 0.25) is 0 Å². The van der Waals surface area contributed by atoms with Crippen LogP contribution in [0.15, 0.2) is 60.1 Å². The summed E-state index contributed by atoms with van der Waals surface area (Å²) in [6, 6.07) is 16.2. The van der Waals surface area contributed by atoms with Gasteiger partial charge in [0.05, 0.1) is 21.9 Å². The molecule has 27 heavy (non-hydrogen) atoms. The molecule has 5 aromatic rings. The van der Waals surface area contributed by atoms with Crippen LogP contribution in [0.25, 0.3) is 21.1 Å². The highest BCUT2D eigenvalue weighted by Gasteiger charge is 2.10. The molecule has 5 rings (SSSR count). The summed E-state index contributed by atoms with van der Waals surface area (Å²) in [5, 5.41) is 16.9. The zero-order valence-electron chi connectivity index (χ0n) is 14.5. The third-order valence-corrected chi connectivity index (χ3v) is 5.19. The van der Waals surface area contributed by atoms with E-state index in [0.717, 1.165) is 38.3 Å². The molecule has 0 unspecified atom stereocenters. The number of hydrogen-bond donors (Lipinski definition) is 3. The SMILES string of the molecule is Cc1cccc(Nc2nc(Nc3ccc4[nH]ncc4c3)c3sccc3n2)c1. The molecule has 0 aliphatic carbocycles. The van der Waals surface area contributed by atoms with E-state index >= 15 is 0 Å². The van der Waals surface area contributed by atoms with E-state index in [4.69, 9.17) is 4.98 Å². The van der Waals surface area contributed by atoms with E-state index in [-0.39, 0.29) is 0 Å². The molecule has 0 atom stereocenters. The first-order valence-electron chi connectivity index (χ1n) is 8.54. The van der Waals surface area contributed by atoms with Crippen LogP contribution in [0.5, 0.6) is 0 Å². The maximum absolute atomic E-state index is 4.71. The zero-order valence-corrected chi connectivity index (χ0v) is 15.3. The van der Waals surface area contributed by atoms with Gasteiger partial charge in [-0.25, -0.2) is 4.98 Å². The lowest BCUT2D eigenvalue weighted by Gasteiger charge is -2.10. The van der Waals surface area contributed by atoms with Crippen molar-refractivity contribution >= 4 is 55.6 Å². The van der Waals surface area contributed by atoms with Gasteiger partial charge in [-0.05, 0) is 54.3 Å². The van der Waals surface area contributed by atoms with Crippen LogP contribution in [0.3, 0.4) is 0 Å². The van der Waals surface area contributed by atoms with Crippen LogP contribution >= 0.6 is 11.3 Å². The van der Waals surface area contributed by atoms with Gasteiger partial charge in [-0.2, -0.15) is 10.1 Å². The van der Waals surface area contributed by atoms with Crippen molar-refractivity contribution in [2.75, 3.05) is 10.6 Å². The van der Waals surface area contributed by atoms with Crippen LogP contribution < -0.4 is 10.6 Å². The molecule has 6 nitrogen and oxygen atoms in total. The van der Waals surface area contributed by atoms with E-state index in [1.54, 1.807) is 11.3 Å². The van der Waals surface area contributed by atoms with Gasteiger partial charge in [-0.15, -0.1) is 11.3 Å². The first-order valence-corrected chi connectivity index (χ1v) is 9.42. The summed E-state index contributed by atoms with van der Waals surface area (Å²) in [6.07, 6.45) is 1.81. The van der Waals surface area contributed by atoms with Crippen LogP contribution in [0.4, 0.5) is 23.1 Å². The number of rotatable bonds is 4. The Morgan fingerprint density at radius 2 is 1.89 bits per heavy atom. The van der Waals surface area contributed by atoms with Crippen LogP contribution in [0, 0.1) is 6.92 Å². The van der Waals surface area contributed by atoms with Crippen molar-refractivity contribution in [2.24, 2.45) is 0 Å². The molecule has 0 spiro atoms. The summed E-state index contributed by atoms with van der Waals surface area (Å²) in [5.41, 5.74) is 5.03. The largest absolute Gasteiger partial charge is 0.339 e. The van der Waals surface area contributed by atoms with Crippen LogP contribution in [-0.2, 0) is 0 Å². The van der Waals surface area contributed by atoms with Gasteiger partial charge in [0, 0.05) is 16.8 Å². The Labute approximate surface area is 159 Å². The highest BCUT2D eigenvalue weighted by atomic mass is 32.1. The lowest BCUT2D eigenvalue weighted by atomic mass is 10.2. The minimum atomic E-state index is 0.568. The second kappa shape index (κ2) is 6.37. The average Bonchev–Trinajstić information content (AvgIpc) is 3.30. The molecule has 7 heteroatoms. The maximum atomic E-state index is 4.71. The number of aromatic amines is 1. The van der Waals surface area contributed by atoms with Crippen LogP contribution in [0.1, 0.15) is 5.56 Å². The third-order valence-electron chi connectivity index (χ3n) is 4.28. The lowest BCUT2D eigenvalue weighted by molar-refractivity contribution is 1.12. The number of benzene rings is 2. The zero-order chi connectivity index (χ0) is 18.2. The van der Waals surface area contributed by atoms with Crippen molar-refractivity contribution in [2.45, 2.75) is 6.92 Å². The number of H-pyrrole nitrogens is 1. The number of thiophene rings is 1. The van der Waals surface area contributed by atoms with Crippen molar-refractivity contribution in [1.82, 2.24) is 20.2 Å². The van der Waals surface area contributed by atoms with Gasteiger partial charge < -0.3 is 10.6 Å². The topological polar surface area (TPSA) is 78.5 Å². The van der Waals surface area contributed by atoms with Crippen molar-refractivity contribution in [3.05, 3.63) is 65.7 Å². The predicted molar refractivity (Wildman–Crippen MR) is 111 cm³/mol. The van der Waals surface area contributed by atoms with E-state index in [1.165, 1.54) is 5.56 Å². The molecule has 132 valence electrons. The standard InChI is InChI=1S/C20H16N6S/c1-12-3-2-4-14(9-12)23-20-24-17-7-8-27-18(17)19(25-20)22-15-5-6-16-13(10-15)11-21-26-16/h2-11H,1H3,(H,21,26)(H2,22,23,24,25). The molecule has 3 N–H and O–H groups in total. The average molecular weight is 372 g/mol. The molecule has 0 saturated heterocycles. The minimum absolute atomic E-state index is 0.568. The smallest absolute Gasteiger partial charge is 0.229 e. The number of aryl methyl sites for hydroxylation is 1. The summed E-state index contributed by atoms with van der Waals surface area (Å²) >= 11 is 1.62. The number of hydrogen-bond acceptors (Lipinski definition) is 6. The molecular weight excluding hydrogens is 356 g/mol. The molecule has 0 aliphatic rings. The number of fused-ring (bicyclic) bond motifs is 2. The Morgan fingerprint density at radius 3 is 2.81 bits per heavy atom. The fraction of sp³-hybridized carbons (Fsp3) is 0.0500. The van der Waals surface area contributed by atoms with Crippen molar-refractivity contribution in [3.63, 3.8) is 0 Å². The molecular formula is C20H16N6S. The summed E-state index contributed by atoms with van der Waals surface area (Å²) in [5.74, 6) is 1.35. The fourth-order valence-electron chi connectivity index (χ4n) is 3.01. The molecule has 0 fully saturated rings. The monoisotopic (exact) mass is 372 g/mol. The number of nitrogens with one attached hydrogen (secondary N) is 3. The van der Waals surface area contributed by atoms with Gasteiger partial charge in [0.2, 0.25) is 5.95 Å². The summed E-state index contributed by atoms with van der Waals surface area (Å²) in [6.45, 7) is 2.06. The quantitative estimate of drug-likeness (QED) is 0.396. The van der Waals surface area contributed by atoms with Crippen molar-refractivity contribution in [3.8, 4) is 0 Å². The van der Waals surface area contributed by atoms with Crippen molar-refractivity contribution in [1.29, 1.82) is 0 Å². The van der Waals surface area contributed by atoms with E-state index in [0.29, 0.717) is 5.95 Å². The molecule has 0 bridgehead atoms. The summed E-state index contributed by atoms with van der Waals surface area (Å²) in [4.78, 5) is 9.35. The molecule has 0 amide bonds. The van der Waals surface area contributed by atoms with E-state index in [9.17, 15) is 0 Å². The Morgan fingerprint density at radius 1 is 0.963 bits per heavy atom. The van der Waals surface area contributed by atoms with Gasteiger partial charge >= 0.3 is 0 Å².